The predicted octanol–water partition coefficient (Wildman–Crippen LogP) is 3.75. The number of esters is 1. The number of hydrogen-bond donors (Lipinski definition) is 2. The van der Waals surface area contributed by atoms with E-state index in [2.05, 4.69) is 15.4 Å². The quantitative estimate of drug-likeness (QED) is 0.648. The van der Waals surface area contributed by atoms with Crippen molar-refractivity contribution < 1.29 is 13.9 Å². The molecule has 0 aliphatic carbocycles. The fourth-order valence-corrected chi connectivity index (χ4v) is 2.21. The van der Waals surface area contributed by atoms with E-state index in [1.54, 1.807) is 30.3 Å². The van der Waals surface area contributed by atoms with Crippen molar-refractivity contribution in [3.8, 4) is 0 Å². The Morgan fingerprint density at radius 1 is 1.26 bits per heavy atom. The summed E-state index contributed by atoms with van der Waals surface area (Å²) in [6.45, 7) is 0.409. The van der Waals surface area contributed by atoms with Gasteiger partial charge in [0.25, 0.3) is 0 Å². The SMILES string of the molecule is COC(=O)c1ccc(NC(=S)NCc2ccc(F)c(Cl)c2)cc1. The molecule has 2 aromatic rings. The second-order valence-corrected chi connectivity index (χ2v) is 5.44. The lowest BCUT2D eigenvalue weighted by atomic mass is 10.2. The molecule has 0 unspecified atom stereocenters. The Morgan fingerprint density at radius 3 is 2.57 bits per heavy atom. The van der Waals surface area contributed by atoms with Crippen molar-refractivity contribution in [1.82, 2.24) is 5.32 Å². The molecule has 2 aromatic carbocycles. The van der Waals surface area contributed by atoms with Gasteiger partial charge in [0.2, 0.25) is 0 Å². The van der Waals surface area contributed by atoms with Gasteiger partial charge in [-0.15, -0.1) is 0 Å². The first-order valence-corrected chi connectivity index (χ1v) is 7.45. The molecule has 120 valence electrons. The molecule has 0 heterocycles. The number of carbonyl (C=O) groups is 1. The molecule has 2 rings (SSSR count). The summed E-state index contributed by atoms with van der Waals surface area (Å²) in [5.41, 5.74) is 1.99. The van der Waals surface area contributed by atoms with Crippen molar-refractivity contribution in [2.24, 2.45) is 0 Å². The highest BCUT2D eigenvalue weighted by atomic mass is 35.5. The smallest absolute Gasteiger partial charge is 0.337 e. The fourth-order valence-electron chi connectivity index (χ4n) is 1.81. The van der Waals surface area contributed by atoms with Crippen LogP contribution < -0.4 is 10.6 Å². The molecule has 0 atom stereocenters. The first-order valence-electron chi connectivity index (χ1n) is 6.67. The van der Waals surface area contributed by atoms with E-state index in [1.165, 1.54) is 19.2 Å². The molecule has 0 aromatic heterocycles. The van der Waals surface area contributed by atoms with E-state index in [0.717, 1.165) is 11.3 Å². The minimum Gasteiger partial charge on any atom is -0.465 e. The number of halogens is 2. The molecular formula is C16H14ClFN2O2S. The van der Waals surface area contributed by atoms with Gasteiger partial charge in [-0.3, -0.25) is 0 Å². The molecule has 0 fully saturated rings. The first-order chi connectivity index (χ1) is 11.0. The highest BCUT2D eigenvalue weighted by Gasteiger charge is 2.05. The van der Waals surface area contributed by atoms with Crippen LogP contribution in [0.1, 0.15) is 15.9 Å². The number of rotatable bonds is 4. The average molecular weight is 353 g/mol. The molecule has 0 saturated carbocycles. The molecule has 0 saturated heterocycles. The van der Waals surface area contributed by atoms with Crippen LogP contribution in [0.3, 0.4) is 0 Å². The maximum absolute atomic E-state index is 13.1. The van der Waals surface area contributed by atoms with Gasteiger partial charge in [-0.2, -0.15) is 0 Å². The summed E-state index contributed by atoms with van der Waals surface area (Å²) in [6, 6.07) is 11.2. The topological polar surface area (TPSA) is 50.4 Å². The normalized spacial score (nSPS) is 10.0. The number of methoxy groups -OCH3 is 1. The standard InChI is InChI=1S/C16H14ClFN2O2S/c1-22-15(21)11-3-5-12(6-4-11)20-16(23)19-9-10-2-7-14(18)13(17)8-10/h2-8H,9H2,1H3,(H2,19,20,23). The summed E-state index contributed by atoms with van der Waals surface area (Å²) >= 11 is 10.9. The monoisotopic (exact) mass is 352 g/mol. The number of anilines is 1. The Kier molecular flexibility index (Phi) is 5.90. The van der Waals surface area contributed by atoms with Crippen LogP contribution in [0.25, 0.3) is 0 Å². The molecule has 7 heteroatoms. The summed E-state index contributed by atoms with van der Waals surface area (Å²) in [4.78, 5) is 11.3. The van der Waals surface area contributed by atoms with Crippen molar-refractivity contribution in [3.63, 3.8) is 0 Å². The van der Waals surface area contributed by atoms with Crippen LogP contribution in [-0.2, 0) is 11.3 Å². The number of benzene rings is 2. The fraction of sp³-hybridized carbons (Fsp3) is 0.125. The zero-order chi connectivity index (χ0) is 16.8. The maximum Gasteiger partial charge on any atom is 0.337 e. The molecule has 2 N–H and O–H groups in total. The van der Waals surface area contributed by atoms with Gasteiger partial charge in [0.15, 0.2) is 5.11 Å². The summed E-state index contributed by atoms with van der Waals surface area (Å²) in [6.07, 6.45) is 0. The summed E-state index contributed by atoms with van der Waals surface area (Å²) in [7, 11) is 1.33. The van der Waals surface area contributed by atoms with Crippen LogP contribution in [-0.4, -0.2) is 18.2 Å². The molecule has 0 aliphatic rings. The second-order valence-electron chi connectivity index (χ2n) is 4.63. The largest absolute Gasteiger partial charge is 0.465 e. The van der Waals surface area contributed by atoms with Gasteiger partial charge in [0.1, 0.15) is 5.82 Å². The second kappa shape index (κ2) is 7.89. The molecule has 0 spiro atoms. The van der Waals surface area contributed by atoms with E-state index < -0.39 is 11.8 Å². The van der Waals surface area contributed by atoms with Gasteiger partial charge in [-0.25, -0.2) is 9.18 Å². The van der Waals surface area contributed by atoms with Crippen molar-refractivity contribution >= 4 is 40.6 Å². The van der Waals surface area contributed by atoms with E-state index in [4.69, 9.17) is 23.8 Å². The lowest BCUT2D eigenvalue weighted by molar-refractivity contribution is 0.0601. The van der Waals surface area contributed by atoms with Crippen LogP contribution in [0, 0.1) is 5.82 Å². The molecular weight excluding hydrogens is 339 g/mol. The first kappa shape index (κ1) is 17.2. The zero-order valence-corrected chi connectivity index (χ0v) is 13.8. The molecule has 0 aliphatic heterocycles. The summed E-state index contributed by atoms with van der Waals surface area (Å²) < 4.78 is 17.7. The van der Waals surface area contributed by atoms with Crippen LogP contribution in [0.5, 0.6) is 0 Å². The number of carbonyl (C=O) groups excluding carboxylic acids is 1. The van der Waals surface area contributed by atoms with Gasteiger partial charge >= 0.3 is 5.97 Å². The highest BCUT2D eigenvalue weighted by Crippen LogP contribution is 2.16. The van der Waals surface area contributed by atoms with E-state index in [-0.39, 0.29) is 5.02 Å². The van der Waals surface area contributed by atoms with Gasteiger partial charge in [-0.05, 0) is 54.2 Å². The van der Waals surface area contributed by atoms with Gasteiger partial charge in [0, 0.05) is 12.2 Å². The molecule has 0 bridgehead atoms. The minimum absolute atomic E-state index is 0.0709. The van der Waals surface area contributed by atoms with Gasteiger partial charge < -0.3 is 15.4 Å². The van der Waals surface area contributed by atoms with E-state index in [9.17, 15) is 9.18 Å². The Balaban J connectivity index is 1.89. The third kappa shape index (κ3) is 4.91. The lowest BCUT2D eigenvalue weighted by Crippen LogP contribution is -2.27. The Hall–Kier alpha value is -2.18. The maximum atomic E-state index is 13.1. The van der Waals surface area contributed by atoms with Crippen LogP contribution in [0.4, 0.5) is 10.1 Å². The minimum atomic E-state index is -0.457. The van der Waals surface area contributed by atoms with Crippen molar-refractivity contribution in [2.45, 2.75) is 6.54 Å². The number of ether oxygens (including phenoxy) is 1. The molecule has 0 amide bonds. The van der Waals surface area contributed by atoms with Gasteiger partial charge in [0.05, 0.1) is 17.7 Å². The molecule has 0 radical (unpaired) electrons. The predicted molar refractivity (Wildman–Crippen MR) is 92.3 cm³/mol. The van der Waals surface area contributed by atoms with Crippen molar-refractivity contribution in [1.29, 1.82) is 0 Å². The van der Waals surface area contributed by atoms with E-state index >= 15 is 0 Å². The number of thiocarbonyl (C=S) groups is 1. The van der Waals surface area contributed by atoms with Crippen LogP contribution in [0.2, 0.25) is 5.02 Å². The van der Waals surface area contributed by atoms with E-state index in [0.29, 0.717) is 17.2 Å². The lowest BCUT2D eigenvalue weighted by Gasteiger charge is -2.11. The summed E-state index contributed by atoms with van der Waals surface area (Å²) in [5, 5.41) is 6.44. The zero-order valence-electron chi connectivity index (χ0n) is 12.2. The van der Waals surface area contributed by atoms with Crippen molar-refractivity contribution in [2.75, 3.05) is 12.4 Å². The third-order valence-corrected chi connectivity index (χ3v) is 3.54. The highest BCUT2D eigenvalue weighted by molar-refractivity contribution is 7.80. The van der Waals surface area contributed by atoms with Crippen LogP contribution >= 0.6 is 23.8 Å². The van der Waals surface area contributed by atoms with Crippen molar-refractivity contribution in [3.05, 3.63) is 64.4 Å². The Labute approximate surface area is 143 Å². The Bertz CT molecular complexity index is 723. The molecule has 23 heavy (non-hydrogen) atoms. The Morgan fingerprint density at radius 2 is 1.96 bits per heavy atom. The third-order valence-electron chi connectivity index (χ3n) is 3.00. The average Bonchev–Trinajstić information content (AvgIpc) is 2.56. The number of nitrogens with one attached hydrogen (secondary N) is 2. The van der Waals surface area contributed by atoms with E-state index in [1.807, 2.05) is 0 Å². The summed E-state index contributed by atoms with van der Waals surface area (Å²) in [5.74, 6) is -0.854. The number of hydrogen-bond acceptors (Lipinski definition) is 3. The molecule has 4 nitrogen and oxygen atoms in total. The van der Waals surface area contributed by atoms with Crippen LogP contribution in [0.15, 0.2) is 42.5 Å². The van der Waals surface area contributed by atoms with Gasteiger partial charge in [-0.1, -0.05) is 17.7 Å².